The molecule has 6 heteroatoms. The van der Waals surface area contributed by atoms with Crippen LogP contribution in [0.15, 0.2) is 52.9 Å². The highest BCUT2D eigenvalue weighted by Crippen LogP contribution is 2.29. The molecule has 0 saturated carbocycles. The van der Waals surface area contributed by atoms with Crippen LogP contribution in [0.25, 0.3) is 33.7 Å². The topological polar surface area (TPSA) is 67.1 Å². The van der Waals surface area contributed by atoms with E-state index in [2.05, 4.69) is 29.3 Å². The summed E-state index contributed by atoms with van der Waals surface area (Å²) < 4.78 is 5.93. The Balaban J connectivity index is 1.74. The molecular formula is C20H21N5O. The Morgan fingerprint density at radius 3 is 2.31 bits per heavy atom. The SMILES string of the molecule is CN(C)CCCNc1nc2ccccc2nc1-c1nc2ccccc2o1. The van der Waals surface area contributed by atoms with Gasteiger partial charge in [-0.25, -0.2) is 15.0 Å². The Bertz CT molecular complexity index is 1010. The largest absolute Gasteiger partial charge is 0.435 e. The lowest BCUT2D eigenvalue weighted by Crippen LogP contribution is -2.17. The fraction of sp³-hybridized carbons (Fsp3) is 0.250. The lowest BCUT2D eigenvalue weighted by atomic mass is 10.2. The molecule has 1 N–H and O–H groups in total. The maximum absolute atomic E-state index is 5.93. The summed E-state index contributed by atoms with van der Waals surface area (Å²) in [5.74, 6) is 1.19. The van der Waals surface area contributed by atoms with Crippen LogP contribution in [0, 0.1) is 0 Å². The Kier molecular flexibility index (Phi) is 4.50. The minimum absolute atomic E-state index is 0.486. The van der Waals surface area contributed by atoms with Crippen molar-refractivity contribution in [1.82, 2.24) is 19.9 Å². The Morgan fingerprint density at radius 1 is 0.885 bits per heavy atom. The molecule has 6 nitrogen and oxygen atoms in total. The standard InChI is InChI=1S/C20H21N5O/c1-25(2)13-7-12-21-19-18(22-14-8-3-4-9-15(14)23-19)20-24-16-10-5-6-11-17(16)26-20/h3-6,8-11H,7,12-13H2,1-2H3,(H,21,23). The van der Waals surface area contributed by atoms with E-state index in [1.165, 1.54) is 0 Å². The van der Waals surface area contributed by atoms with Gasteiger partial charge in [-0.05, 0) is 51.3 Å². The number of para-hydroxylation sites is 4. The summed E-state index contributed by atoms with van der Waals surface area (Å²) in [4.78, 5) is 16.3. The van der Waals surface area contributed by atoms with E-state index in [0.29, 0.717) is 17.4 Å². The molecule has 0 amide bonds. The summed E-state index contributed by atoms with van der Waals surface area (Å²) in [6.07, 6.45) is 1.01. The number of rotatable bonds is 6. The molecule has 2 aromatic heterocycles. The van der Waals surface area contributed by atoms with E-state index in [4.69, 9.17) is 14.4 Å². The van der Waals surface area contributed by atoms with Crippen molar-refractivity contribution in [3.8, 4) is 11.6 Å². The molecule has 4 rings (SSSR count). The molecule has 0 bridgehead atoms. The second kappa shape index (κ2) is 7.09. The van der Waals surface area contributed by atoms with Crippen LogP contribution in [0.5, 0.6) is 0 Å². The first-order valence-electron chi connectivity index (χ1n) is 8.72. The van der Waals surface area contributed by atoms with E-state index >= 15 is 0 Å². The average Bonchev–Trinajstić information content (AvgIpc) is 3.08. The number of oxazole rings is 1. The van der Waals surface area contributed by atoms with Gasteiger partial charge >= 0.3 is 0 Å². The van der Waals surface area contributed by atoms with Crippen LogP contribution in [0.1, 0.15) is 6.42 Å². The smallest absolute Gasteiger partial charge is 0.250 e. The minimum atomic E-state index is 0.486. The molecule has 26 heavy (non-hydrogen) atoms. The molecule has 0 aliphatic rings. The second-order valence-corrected chi connectivity index (χ2v) is 6.48. The molecule has 2 aromatic carbocycles. The third kappa shape index (κ3) is 3.36. The van der Waals surface area contributed by atoms with E-state index in [9.17, 15) is 0 Å². The number of anilines is 1. The number of nitrogens with zero attached hydrogens (tertiary/aromatic N) is 4. The molecule has 4 aromatic rings. The van der Waals surface area contributed by atoms with Gasteiger partial charge in [0.25, 0.3) is 0 Å². The second-order valence-electron chi connectivity index (χ2n) is 6.48. The van der Waals surface area contributed by atoms with Gasteiger partial charge in [0, 0.05) is 6.54 Å². The minimum Gasteiger partial charge on any atom is -0.435 e. The fourth-order valence-corrected chi connectivity index (χ4v) is 2.85. The number of hydrogen-bond donors (Lipinski definition) is 1. The first-order valence-corrected chi connectivity index (χ1v) is 8.72. The zero-order chi connectivity index (χ0) is 17.9. The average molecular weight is 347 g/mol. The van der Waals surface area contributed by atoms with Crippen LogP contribution in [0.4, 0.5) is 5.82 Å². The maximum Gasteiger partial charge on any atom is 0.250 e. The van der Waals surface area contributed by atoms with Gasteiger partial charge in [0.1, 0.15) is 5.52 Å². The van der Waals surface area contributed by atoms with Crippen LogP contribution in [0.2, 0.25) is 0 Å². The summed E-state index contributed by atoms with van der Waals surface area (Å²) in [5.41, 5.74) is 3.88. The molecule has 0 fully saturated rings. The molecule has 0 radical (unpaired) electrons. The fourth-order valence-electron chi connectivity index (χ4n) is 2.85. The lowest BCUT2D eigenvalue weighted by Gasteiger charge is -2.12. The van der Waals surface area contributed by atoms with Crippen molar-refractivity contribution in [3.05, 3.63) is 48.5 Å². The van der Waals surface area contributed by atoms with E-state index in [1.807, 2.05) is 48.5 Å². The van der Waals surface area contributed by atoms with E-state index in [0.717, 1.165) is 41.6 Å². The molecule has 0 unspecified atom stereocenters. The van der Waals surface area contributed by atoms with Crippen LogP contribution in [-0.2, 0) is 0 Å². The van der Waals surface area contributed by atoms with Gasteiger partial charge in [0.05, 0.1) is 11.0 Å². The van der Waals surface area contributed by atoms with Crippen LogP contribution in [-0.4, -0.2) is 47.0 Å². The van der Waals surface area contributed by atoms with Crippen molar-refractivity contribution in [2.45, 2.75) is 6.42 Å². The molecule has 0 atom stereocenters. The number of aromatic nitrogens is 3. The van der Waals surface area contributed by atoms with Gasteiger partial charge in [-0.2, -0.15) is 0 Å². The first-order chi connectivity index (χ1) is 12.7. The van der Waals surface area contributed by atoms with Crippen molar-refractivity contribution in [2.75, 3.05) is 32.5 Å². The van der Waals surface area contributed by atoms with Crippen molar-refractivity contribution < 1.29 is 4.42 Å². The van der Waals surface area contributed by atoms with Crippen LogP contribution >= 0.6 is 0 Å². The predicted octanol–water partition coefficient (Wildman–Crippen LogP) is 3.80. The quantitative estimate of drug-likeness (QED) is 0.535. The van der Waals surface area contributed by atoms with Crippen LogP contribution < -0.4 is 5.32 Å². The van der Waals surface area contributed by atoms with Crippen molar-refractivity contribution in [3.63, 3.8) is 0 Å². The van der Waals surface area contributed by atoms with E-state index < -0.39 is 0 Å². The molecule has 0 aliphatic heterocycles. The number of benzene rings is 2. The van der Waals surface area contributed by atoms with Gasteiger partial charge in [0.2, 0.25) is 5.89 Å². The van der Waals surface area contributed by atoms with Gasteiger partial charge in [-0.3, -0.25) is 0 Å². The van der Waals surface area contributed by atoms with Gasteiger partial charge in [0.15, 0.2) is 17.1 Å². The van der Waals surface area contributed by atoms with Crippen molar-refractivity contribution in [2.24, 2.45) is 0 Å². The predicted molar refractivity (Wildman–Crippen MR) is 104 cm³/mol. The summed E-state index contributed by atoms with van der Waals surface area (Å²) >= 11 is 0. The van der Waals surface area contributed by atoms with E-state index in [1.54, 1.807) is 0 Å². The molecule has 0 spiro atoms. The molecule has 0 aliphatic carbocycles. The van der Waals surface area contributed by atoms with Crippen LogP contribution in [0.3, 0.4) is 0 Å². The summed E-state index contributed by atoms with van der Waals surface area (Å²) in [7, 11) is 4.14. The number of hydrogen-bond acceptors (Lipinski definition) is 6. The zero-order valence-electron chi connectivity index (χ0n) is 14.9. The highest BCUT2D eigenvalue weighted by Gasteiger charge is 2.16. The number of fused-ring (bicyclic) bond motifs is 2. The summed E-state index contributed by atoms with van der Waals surface area (Å²) in [6.45, 7) is 1.81. The lowest BCUT2D eigenvalue weighted by molar-refractivity contribution is 0.405. The highest BCUT2D eigenvalue weighted by molar-refractivity contribution is 5.83. The first kappa shape index (κ1) is 16.5. The molecule has 132 valence electrons. The summed E-state index contributed by atoms with van der Waals surface area (Å²) in [5, 5.41) is 3.40. The maximum atomic E-state index is 5.93. The molecular weight excluding hydrogens is 326 g/mol. The number of nitrogens with one attached hydrogen (secondary N) is 1. The van der Waals surface area contributed by atoms with Gasteiger partial charge in [-0.1, -0.05) is 24.3 Å². The highest BCUT2D eigenvalue weighted by atomic mass is 16.3. The Labute approximate surface area is 151 Å². The third-order valence-electron chi connectivity index (χ3n) is 4.14. The van der Waals surface area contributed by atoms with Crippen molar-refractivity contribution >= 4 is 28.0 Å². The zero-order valence-corrected chi connectivity index (χ0v) is 14.9. The normalized spacial score (nSPS) is 11.5. The molecule has 0 saturated heterocycles. The summed E-state index contributed by atoms with van der Waals surface area (Å²) in [6, 6.07) is 15.5. The van der Waals surface area contributed by atoms with Crippen molar-refractivity contribution in [1.29, 1.82) is 0 Å². The Hall–Kier alpha value is -2.99. The monoisotopic (exact) mass is 347 g/mol. The van der Waals surface area contributed by atoms with Gasteiger partial charge < -0.3 is 14.6 Å². The third-order valence-corrected chi connectivity index (χ3v) is 4.14. The van der Waals surface area contributed by atoms with Gasteiger partial charge in [-0.15, -0.1) is 0 Å². The molecule has 2 heterocycles. The van der Waals surface area contributed by atoms with E-state index in [-0.39, 0.29) is 0 Å². The Morgan fingerprint density at radius 2 is 1.58 bits per heavy atom.